The highest BCUT2D eigenvalue weighted by atomic mass is 32.2. The second kappa shape index (κ2) is 11.3. The van der Waals surface area contributed by atoms with Crippen molar-refractivity contribution in [1.29, 1.82) is 0 Å². The zero-order chi connectivity index (χ0) is 25.0. The van der Waals surface area contributed by atoms with Gasteiger partial charge in [-0.3, -0.25) is 9.80 Å². The first-order valence-corrected chi connectivity index (χ1v) is 14.9. The van der Waals surface area contributed by atoms with Crippen molar-refractivity contribution < 1.29 is 13.2 Å². The summed E-state index contributed by atoms with van der Waals surface area (Å²) in [4.78, 5) is 6.14. The third-order valence-corrected chi connectivity index (χ3v) is 9.57. The van der Waals surface area contributed by atoms with Gasteiger partial charge in [0.05, 0.1) is 11.7 Å². The minimum Gasteiger partial charge on any atom is -0.492 e. The minimum atomic E-state index is -3.60. The van der Waals surface area contributed by atoms with Crippen LogP contribution in [0.25, 0.3) is 11.0 Å². The summed E-state index contributed by atoms with van der Waals surface area (Å²) in [6.07, 6.45) is 0. The van der Waals surface area contributed by atoms with E-state index in [1.165, 1.54) is 10.4 Å². The highest BCUT2D eigenvalue weighted by Gasteiger charge is 2.30. The van der Waals surface area contributed by atoms with Crippen LogP contribution in [0.4, 0.5) is 0 Å². The van der Waals surface area contributed by atoms with Gasteiger partial charge < -0.3 is 4.74 Å². The molecule has 0 spiro atoms. The molecular weight excluding hydrogens is 515 g/mol. The number of aromatic nitrogens is 2. The Kier molecular flexibility index (Phi) is 7.94. The van der Waals surface area contributed by atoms with Gasteiger partial charge in [-0.25, -0.2) is 8.42 Å². The lowest BCUT2D eigenvalue weighted by Crippen LogP contribution is -2.49. The lowest BCUT2D eigenvalue weighted by Gasteiger charge is -2.33. The molecule has 0 aliphatic carbocycles. The predicted molar refractivity (Wildman–Crippen MR) is 144 cm³/mol. The molecule has 8 nitrogen and oxygen atoms in total. The van der Waals surface area contributed by atoms with Crippen LogP contribution in [0.15, 0.2) is 64.9 Å². The van der Waals surface area contributed by atoms with Gasteiger partial charge >= 0.3 is 0 Å². The molecule has 0 N–H and O–H groups in total. The maximum Gasteiger partial charge on any atom is 0.245 e. The average Bonchev–Trinajstić information content (AvgIpc) is 3.56. The first kappa shape index (κ1) is 25.2. The van der Waals surface area contributed by atoms with Gasteiger partial charge in [0.1, 0.15) is 28.3 Å². The van der Waals surface area contributed by atoms with Crippen LogP contribution >= 0.6 is 23.1 Å². The molecule has 1 saturated heterocycles. The lowest BCUT2D eigenvalue weighted by molar-refractivity contribution is 0.159. The molecule has 3 heterocycles. The molecule has 0 unspecified atom stereocenters. The third-order valence-electron chi connectivity index (χ3n) is 6.23. The maximum atomic E-state index is 13.2. The average molecular weight is 544 g/mol. The number of nitrogens with zero attached hydrogens (tertiary/aromatic N) is 5. The zero-order valence-electron chi connectivity index (χ0n) is 20.1. The van der Waals surface area contributed by atoms with E-state index in [0.29, 0.717) is 43.8 Å². The SMILES string of the molecule is CN(Cc1cccc(OCCN2CCN(S(=O)(=O)c3cccc4nsnc34)CC2)c1)Cc1cccs1. The van der Waals surface area contributed by atoms with Crippen LogP contribution in [0.5, 0.6) is 5.75 Å². The molecule has 2 aromatic heterocycles. The van der Waals surface area contributed by atoms with E-state index in [-0.39, 0.29) is 4.90 Å². The summed E-state index contributed by atoms with van der Waals surface area (Å²) in [5.74, 6) is 0.864. The Balaban J connectivity index is 1.09. The largest absolute Gasteiger partial charge is 0.492 e. The zero-order valence-corrected chi connectivity index (χ0v) is 22.6. The normalized spacial score (nSPS) is 15.6. The number of piperazine rings is 1. The van der Waals surface area contributed by atoms with Crippen molar-refractivity contribution in [3.8, 4) is 5.75 Å². The first-order valence-electron chi connectivity index (χ1n) is 11.9. The van der Waals surface area contributed by atoms with Gasteiger partial charge in [-0.1, -0.05) is 24.3 Å². The number of ether oxygens (including phenoxy) is 1. The Labute approximate surface area is 220 Å². The van der Waals surface area contributed by atoms with Crippen LogP contribution in [-0.4, -0.2) is 77.6 Å². The fourth-order valence-corrected chi connectivity index (χ4v) is 7.34. The Bertz CT molecular complexity index is 1380. The van der Waals surface area contributed by atoms with Crippen molar-refractivity contribution in [3.63, 3.8) is 0 Å². The summed E-state index contributed by atoms with van der Waals surface area (Å²) in [5, 5.41) is 2.11. The number of hydrogen-bond donors (Lipinski definition) is 0. The Hall–Kier alpha value is -2.41. The molecule has 0 radical (unpaired) electrons. The molecule has 1 aliphatic rings. The minimum absolute atomic E-state index is 0.242. The van der Waals surface area contributed by atoms with E-state index in [9.17, 15) is 8.42 Å². The summed E-state index contributed by atoms with van der Waals surface area (Å²) in [7, 11) is -1.47. The number of rotatable bonds is 10. The monoisotopic (exact) mass is 543 g/mol. The van der Waals surface area contributed by atoms with Crippen molar-refractivity contribution in [2.75, 3.05) is 46.4 Å². The molecule has 0 bridgehead atoms. The highest BCUT2D eigenvalue weighted by molar-refractivity contribution is 7.89. The quantitative estimate of drug-likeness (QED) is 0.301. The van der Waals surface area contributed by atoms with E-state index in [0.717, 1.165) is 37.1 Å². The third kappa shape index (κ3) is 5.93. The Morgan fingerprint density at radius 3 is 2.64 bits per heavy atom. The molecule has 0 amide bonds. The fraction of sp³-hybridized carbons (Fsp3) is 0.360. The molecule has 36 heavy (non-hydrogen) atoms. The molecule has 0 atom stereocenters. The van der Waals surface area contributed by atoms with E-state index < -0.39 is 10.0 Å². The highest BCUT2D eigenvalue weighted by Crippen LogP contribution is 2.25. The number of fused-ring (bicyclic) bond motifs is 1. The first-order chi connectivity index (χ1) is 17.5. The summed E-state index contributed by atoms with van der Waals surface area (Å²) in [6.45, 7) is 5.33. The molecule has 0 saturated carbocycles. The van der Waals surface area contributed by atoms with Gasteiger partial charge in [0.25, 0.3) is 0 Å². The van der Waals surface area contributed by atoms with E-state index in [1.807, 2.05) is 12.1 Å². The Morgan fingerprint density at radius 2 is 1.83 bits per heavy atom. The van der Waals surface area contributed by atoms with Crippen molar-refractivity contribution >= 4 is 44.1 Å². The van der Waals surface area contributed by atoms with Gasteiger partial charge in [0.2, 0.25) is 10.0 Å². The van der Waals surface area contributed by atoms with Crippen LogP contribution in [0.3, 0.4) is 0 Å². The molecule has 5 rings (SSSR count). The molecule has 1 aliphatic heterocycles. The van der Waals surface area contributed by atoms with E-state index in [2.05, 4.69) is 55.2 Å². The second-order valence-electron chi connectivity index (χ2n) is 8.88. The molecule has 4 aromatic rings. The summed E-state index contributed by atoms with van der Waals surface area (Å²) in [6, 6.07) is 17.6. The van der Waals surface area contributed by atoms with Gasteiger partial charge in [0, 0.05) is 50.7 Å². The van der Waals surface area contributed by atoms with Crippen LogP contribution in [0.1, 0.15) is 10.4 Å². The predicted octanol–water partition coefficient (Wildman–Crippen LogP) is 3.77. The van der Waals surface area contributed by atoms with Gasteiger partial charge in [-0.2, -0.15) is 13.1 Å². The molecule has 1 fully saturated rings. The summed E-state index contributed by atoms with van der Waals surface area (Å²) in [5.41, 5.74) is 2.30. The standard InChI is InChI=1S/C25H29N5O3S3/c1-28(19-22-7-4-16-34-22)18-20-5-2-6-21(17-20)33-15-14-29-10-12-30(13-11-29)36(31,32)24-9-3-8-23-25(24)27-35-26-23/h2-9,16-17H,10-15,18-19H2,1H3. The number of thiophene rings is 1. The van der Waals surface area contributed by atoms with Crippen LogP contribution in [-0.2, 0) is 23.1 Å². The molecule has 11 heteroatoms. The number of hydrogen-bond acceptors (Lipinski definition) is 9. The number of sulfonamides is 1. The van der Waals surface area contributed by atoms with Crippen molar-refractivity contribution in [2.24, 2.45) is 0 Å². The molecular formula is C25H29N5O3S3. The van der Waals surface area contributed by atoms with Gasteiger partial charge in [-0.15, -0.1) is 11.3 Å². The Morgan fingerprint density at radius 1 is 1.00 bits per heavy atom. The van der Waals surface area contributed by atoms with E-state index in [1.54, 1.807) is 33.8 Å². The van der Waals surface area contributed by atoms with Crippen molar-refractivity contribution in [1.82, 2.24) is 22.9 Å². The van der Waals surface area contributed by atoms with Crippen LogP contribution in [0.2, 0.25) is 0 Å². The topological polar surface area (TPSA) is 78.9 Å². The van der Waals surface area contributed by atoms with Crippen LogP contribution in [0, 0.1) is 0 Å². The second-order valence-corrected chi connectivity index (χ2v) is 12.3. The molecule has 190 valence electrons. The van der Waals surface area contributed by atoms with Gasteiger partial charge in [0.15, 0.2) is 0 Å². The fourth-order valence-electron chi connectivity index (χ4n) is 4.38. The van der Waals surface area contributed by atoms with E-state index in [4.69, 9.17) is 4.74 Å². The number of benzene rings is 2. The lowest BCUT2D eigenvalue weighted by atomic mass is 10.2. The maximum absolute atomic E-state index is 13.2. The summed E-state index contributed by atoms with van der Waals surface area (Å²) < 4.78 is 42.4. The van der Waals surface area contributed by atoms with Crippen LogP contribution < -0.4 is 4.74 Å². The molecule has 2 aromatic carbocycles. The smallest absolute Gasteiger partial charge is 0.245 e. The summed E-state index contributed by atoms with van der Waals surface area (Å²) >= 11 is 2.81. The van der Waals surface area contributed by atoms with Crippen molar-refractivity contribution in [3.05, 3.63) is 70.4 Å². The van der Waals surface area contributed by atoms with Crippen molar-refractivity contribution in [2.45, 2.75) is 18.0 Å². The van der Waals surface area contributed by atoms with E-state index >= 15 is 0 Å². The van der Waals surface area contributed by atoms with Gasteiger partial charge in [-0.05, 0) is 48.3 Å².